The van der Waals surface area contributed by atoms with Gasteiger partial charge in [0.1, 0.15) is 5.75 Å². The zero-order chi connectivity index (χ0) is 16.9. The standard InChI is InChI=1S/C16H21N5O2S/c1-11-4-2-3-5-14(11)17-15(23)10-24-16-18-19-20-21(16)12-6-8-13(22)9-7-12/h6-9,11,14,22H,2-5,10H2,1H3,(H,17,23). The van der Waals surface area contributed by atoms with E-state index in [4.69, 9.17) is 0 Å². The number of carbonyl (C=O) groups is 1. The molecule has 1 saturated carbocycles. The van der Waals surface area contributed by atoms with Gasteiger partial charge in [0.05, 0.1) is 11.4 Å². The SMILES string of the molecule is CC1CCCCC1NC(=O)CSc1nnnn1-c1ccc(O)cc1. The Bertz CT molecular complexity index is 688. The van der Waals surface area contributed by atoms with Crippen LogP contribution in [0.3, 0.4) is 0 Å². The Hall–Kier alpha value is -2.09. The van der Waals surface area contributed by atoms with Gasteiger partial charge in [0, 0.05) is 6.04 Å². The molecule has 2 aromatic rings. The minimum atomic E-state index is 0.0130. The second-order valence-electron chi connectivity index (χ2n) is 6.11. The molecule has 2 unspecified atom stereocenters. The lowest BCUT2D eigenvalue weighted by molar-refractivity contribution is -0.119. The summed E-state index contributed by atoms with van der Waals surface area (Å²) >= 11 is 1.30. The molecule has 0 radical (unpaired) electrons. The van der Waals surface area contributed by atoms with Crippen LogP contribution in [-0.2, 0) is 4.79 Å². The first kappa shape index (κ1) is 16.8. The van der Waals surface area contributed by atoms with Crippen molar-refractivity contribution in [1.29, 1.82) is 0 Å². The van der Waals surface area contributed by atoms with E-state index in [1.54, 1.807) is 28.9 Å². The van der Waals surface area contributed by atoms with Crippen LogP contribution >= 0.6 is 11.8 Å². The molecule has 2 N–H and O–H groups in total. The second kappa shape index (κ2) is 7.65. The van der Waals surface area contributed by atoms with Gasteiger partial charge in [0.25, 0.3) is 0 Å². The number of aromatic nitrogens is 4. The third kappa shape index (κ3) is 4.05. The van der Waals surface area contributed by atoms with Crippen molar-refractivity contribution in [2.75, 3.05) is 5.75 Å². The molecule has 128 valence electrons. The van der Waals surface area contributed by atoms with Crippen LogP contribution in [0.25, 0.3) is 5.69 Å². The van der Waals surface area contributed by atoms with Gasteiger partial charge >= 0.3 is 0 Å². The molecule has 1 amide bonds. The molecule has 0 bridgehead atoms. The number of hydrogen-bond acceptors (Lipinski definition) is 6. The molecule has 0 aliphatic heterocycles. The number of hydrogen-bond donors (Lipinski definition) is 2. The maximum absolute atomic E-state index is 12.2. The fourth-order valence-corrected chi connectivity index (χ4v) is 3.64. The molecule has 1 aliphatic rings. The maximum Gasteiger partial charge on any atom is 0.230 e. The molecule has 1 aromatic carbocycles. The van der Waals surface area contributed by atoms with Crippen LogP contribution in [0.15, 0.2) is 29.4 Å². The van der Waals surface area contributed by atoms with E-state index >= 15 is 0 Å². The van der Waals surface area contributed by atoms with Crippen molar-refractivity contribution in [2.45, 2.75) is 43.8 Å². The Morgan fingerprint density at radius 2 is 2.08 bits per heavy atom. The summed E-state index contributed by atoms with van der Waals surface area (Å²) in [6, 6.07) is 6.87. The quantitative estimate of drug-likeness (QED) is 0.805. The van der Waals surface area contributed by atoms with E-state index in [9.17, 15) is 9.90 Å². The number of rotatable bonds is 5. The van der Waals surface area contributed by atoms with Crippen molar-refractivity contribution in [3.05, 3.63) is 24.3 Å². The normalized spacial score (nSPS) is 20.7. The lowest BCUT2D eigenvalue weighted by Gasteiger charge is -2.29. The van der Waals surface area contributed by atoms with Gasteiger partial charge in [-0.3, -0.25) is 4.79 Å². The summed E-state index contributed by atoms with van der Waals surface area (Å²) in [7, 11) is 0. The Morgan fingerprint density at radius 1 is 1.33 bits per heavy atom. The largest absolute Gasteiger partial charge is 0.508 e. The van der Waals surface area contributed by atoms with Gasteiger partial charge in [-0.15, -0.1) is 5.10 Å². The number of phenols is 1. The highest BCUT2D eigenvalue weighted by molar-refractivity contribution is 7.99. The first-order valence-electron chi connectivity index (χ1n) is 8.13. The lowest BCUT2D eigenvalue weighted by atomic mass is 9.86. The molecule has 0 saturated heterocycles. The number of nitrogens with zero attached hydrogens (tertiary/aromatic N) is 4. The monoisotopic (exact) mass is 347 g/mol. The van der Waals surface area contributed by atoms with Gasteiger partial charge in [-0.25, -0.2) is 0 Å². The zero-order valence-corrected chi connectivity index (χ0v) is 14.4. The summed E-state index contributed by atoms with van der Waals surface area (Å²) < 4.78 is 1.56. The Kier molecular flexibility index (Phi) is 5.34. The molecular formula is C16H21N5O2S. The van der Waals surface area contributed by atoms with Gasteiger partial charge in [0.15, 0.2) is 0 Å². The number of phenolic OH excluding ortho intramolecular Hbond substituents is 1. The summed E-state index contributed by atoms with van der Waals surface area (Å²) in [5, 5.41) is 24.6. The molecule has 1 heterocycles. The molecule has 1 aliphatic carbocycles. The topological polar surface area (TPSA) is 92.9 Å². The third-order valence-corrected chi connectivity index (χ3v) is 5.24. The van der Waals surface area contributed by atoms with Crippen molar-refractivity contribution in [2.24, 2.45) is 5.92 Å². The average molecular weight is 347 g/mol. The van der Waals surface area contributed by atoms with Crippen LogP contribution < -0.4 is 5.32 Å². The van der Waals surface area contributed by atoms with Crippen molar-refractivity contribution in [3.8, 4) is 11.4 Å². The predicted molar refractivity (Wildman–Crippen MR) is 91.1 cm³/mol. The van der Waals surface area contributed by atoms with Crippen LogP contribution in [0.4, 0.5) is 0 Å². The minimum Gasteiger partial charge on any atom is -0.508 e. The average Bonchev–Trinajstić information content (AvgIpc) is 3.04. The molecule has 7 nitrogen and oxygen atoms in total. The van der Waals surface area contributed by atoms with Crippen LogP contribution in [0.1, 0.15) is 32.6 Å². The lowest BCUT2D eigenvalue weighted by Crippen LogP contribution is -2.41. The van der Waals surface area contributed by atoms with E-state index in [-0.39, 0.29) is 23.5 Å². The smallest absolute Gasteiger partial charge is 0.230 e. The van der Waals surface area contributed by atoms with Crippen LogP contribution in [0.5, 0.6) is 5.75 Å². The molecule has 24 heavy (non-hydrogen) atoms. The van der Waals surface area contributed by atoms with Crippen molar-refractivity contribution in [1.82, 2.24) is 25.5 Å². The predicted octanol–water partition coefficient (Wildman–Crippen LogP) is 2.15. The number of amides is 1. The highest BCUT2D eigenvalue weighted by Crippen LogP contribution is 2.24. The number of nitrogens with one attached hydrogen (secondary N) is 1. The molecule has 0 spiro atoms. The van der Waals surface area contributed by atoms with Gasteiger partial charge in [-0.05, 0) is 53.5 Å². The molecule has 8 heteroatoms. The number of carbonyl (C=O) groups excluding carboxylic acids is 1. The fraction of sp³-hybridized carbons (Fsp3) is 0.500. The second-order valence-corrected chi connectivity index (χ2v) is 7.06. The molecular weight excluding hydrogens is 326 g/mol. The number of aromatic hydroxyl groups is 1. The van der Waals surface area contributed by atoms with Crippen LogP contribution in [0.2, 0.25) is 0 Å². The molecule has 1 aromatic heterocycles. The number of benzene rings is 1. The van der Waals surface area contributed by atoms with Gasteiger partial charge in [0.2, 0.25) is 11.1 Å². The number of thioether (sulfide) groups is 1. The van der Waals surface area contributed by atoms with Gasteiger partial charge in [-0.1, -0.05) is 31.5 Å². The first-order valence-corrected chi connectivity index (χ1v) is 9.12. The Morgan fingerprint density at radius 3 is 2.83 bits per heavy atom. The van der Waals surface area contributed by atoms with E-state index in [2.05, 4.69) is 27.8 Å². The van der Waals surface area contributed by atoms with Crippen molar-refractivity contribution < 1.29 is 9.90 Å². The zero-order valence-electron chi connectivity index (χ0n) is 13.6. The summed E-state index contributed by atoms with van der Waals surface area (Å²) in [6.07, 6.45) is 4.67. The van der Waals surface area contributed by atoms with E-state index in [0.29, 0.717) is 11.1 Å². The maximum atomic E-state index is 12.2. The van der Waals surface area contributed by atoms with Crippen LogP contribution in [-0.4, -0.2) is 43.0 Å². The van der Waals surface area contributed by atoms with Crippen LogP contribution in [0, 0.1) is 5.92 Å². The van der Waals surface area contributed by atoms with Gasteiger partial charge < -0.3 is 10.4 Å². The summed E-state index contributed by atoms with van der Waals surface area (Å²) in [5.41, 5.74) is 0.738. The Labute approximate surface area is 144 Å². The highest BCUT2D eigenvalue weighted by atomic mass is 32.2. The minimum absolute atomic E-state index is 0.0130. The van der Waals surface area contributed by atoms with E-state index < -0.39 is 0 Å². The summed E-state index contributed by atoms with van der Waals surface area (Å²) in [6.45, 7) is 2.20. The number of tetrazole rings is 1. The molecule has 3 rings (SSSR count). The van der Waals surface area contributed by atoms with E-state index in [1.165, 1.54) is 31.0 Å². The first-order chi connectivity index (χ1) is 11.6. The summed E-state index contributed by atoms with van der Waals surface area (Å²) in [5.74, 6) is 1.01. The molecule has 1 fully saturated rings. The van der Waals surface area contributed by atoms with E-state index in [0.717, 1.165) is 12.1 Å². The van der Waals surface area contributed by atoms with E-state index in [1.807, 2.05) is 0 Å². The third-order valence-electron chi connectivity index (χ3n) is 4.33. The fourth-order valence-electron chi connectivity index (χ4n) is 2.93. The van der Waals surface area contributed by atoms with Crippen molar-refractivity contribution >= 4 is 17.7 Å². The highest BCUT2D eigenvalue weighted by Gasteiger charge is 2.23. The summed E-state index contributed by atoms with van der Waals surface area (Å²) in [4.78, 5) is 12.2. The van der Waals surface area contributed by atoms with Gasteiger partial charge in [-0.2, -0.15) is 4.68 Å². The van der Waals surface area contributed by atoms with Crippen molar-refractivity contribution in [3.63, 3.8) is 0 Å². The molecule has 2 atom stereocenters. The Balaban J connectivity index is 1.58.